The molecule has 1 aromatic heterocycles. The first-order chi connectivity index (χ1) is 7.48. The molecule has 0 spiro atoms. The zero-order chi connectivity index (χ0) is 11.8. The van der Waals surface area contributed by atoms with E-state index >= 15 is 0 Å². The van der Waals surface area contributed by atoms with Gasteiger partial charge >= 0.3 is 0 Å². The Kier molecular flexibility index (Phi) is 2.84. The van der Waals surface area contributed by atoms with Crippen molar-refractivity contribution in [3.05, 3.63) is 23.2 Å². The zero-order valence-corrected chi connectivity index (χ0v) is 10.2. The molecule has 4 nitrogen and oxygen atoms in total. The number of carbonyl (C=O) groups excluding carboxylic acids is 1. The average Bonchev–Trinajstić information content (AvgIpc) is 2.59. The number of carbonyl (C=O) groups is 1. The maximum Gasteiger partial charge on any atom is 0.274 e. The summed E-state index contributed by atoms with van der Waals surface area (Å²) in [5.41, 5.74) is 0.567. The number of amides is 1. The van der Waals surface area contributed by atoms with Crippen LogP contribution in [0.3, 0.4) is 0 Å². The van der Waals surface area contributed by atoms with Crippen LogP contribution in [0.25, 0.3) is 0 Å². The molecule has 0 bridgehead atoms. The lowest BCUT2D eigenvalue weighted by Crippen LogP contribution is -2.30. The van der Waals surface area contributed by atoms with E-state index in [0.717, 1.165) is 19.5 Å². The number of likely N-dealkylation sites (tertiary alicyclic amines) is 1. The molecule has 1 saturated heterocycles. The molecular formula is C11H14ClN3O. The van der Waals surface area contributed by atoms with E-state index < -0.39 is 0 Å². The Balaban J connectivity index is 2.12. The number of nitrogens with zero attached hydrogens (tertiary/aromatic N) is 3. The van der Waals surface area contributed by atoms with Crippen LogP contribution in [0.2, 0.25) is 5.15 Å². The van der Waals surface area contributed by atoms with Crippen molar-refractivity contribution in [2.24, 2.45) is 5.41 Å². The van der Waals surface area contributed by atoms with Crippen LogP contribution in [-0.2, 0) is 0 Å². The summed E-state index contributed by atoms with van der Waals surface area (Å²) in [5, 5.41) is 0.304. The van der Waals surface area contributed by atoms with Gasteiger partial charge in [-0.05, 0) is 11.8 Å². The predicted octanol–water partition coefficient (Wildman–Crippen LogP) is 2.00. The van der Waals surface area contributed by atoms with E-state index in [0.29, 0.717) is 10.8 Å². The fourth-order valence-electron chi connectivity index (χ4n) is 1.87. The number of rotatable bonds is 1. The van der Waals surface area contributed by atoms with Crippen molar-refractivity contribution in [1.82, 2.24) is 14.9 Å². The minimum Gasteiger partial charge on any atom is -0.337 e. The first kappa shape index (κ1) is 11.3. The second kappa shape index (κ2) is 4.01. The Morgan fingerprint density at radius 1 is 1.44 bits per heavy atom. The quantitative estimate of drug-likeness (QED) is 0.753. The highest BCUT2D eigenvalue weighted by Gasteiger charge is 2.32. The second-order valence-electron chi connectivity index (χ2n) is 4.87. The molecule has 0 unspecified atom stereocenters. The van der Waals surface area contributed by atoms with Crippen molar-refractivity contribution >= 4 is 17.5 Å². The molecule has 0 N–H and O–H groups in total. The Bertz CT molecular complexity index is 402. The van der Waals surface area contributed by atoms with Crippen molar-refractivity contribution < 1.29 is 4.79 Å². The lowest BCUT2D eigenvalue weighted by atomic mass is 9.93. The lowest BCUT2D eigenvalue weighted by molar-refractivity contribution is 0.0772. The zero-order valence-electron chi connectivity index (χ0n) is 9.40. The van der Waals surface area contributed by atoms with Gasteiger partial charge in [-0.1, -0.05) is 25.4 Å². The predicted molar refractivity (Wildman–Crippen MR) is 61.3 cm³/mol. The number of halogens is 1. The third-order valence-corrected chi connectivity index (χ3v) is 3.00. The smallest absolute Gasteiger partial charge is 0.274 e. The molecule has 1 aromatic rings. The van der Waals surface area contributed by atoms with Gasteiger partial charge in [-0.15, -0.1) is 0 Å². The molecule has 1 amide bonds. The van der Waals surface area contributed by atoms with Gasteiger partial charge in [-0.2, -0.15) is 0 Å². The molecule has 0 atom stereocenters. The van der Waals surface area contributed by atoms with Crippen LogP contribution in [0.15, 0.2) is 12.4 Å². The monoisotopic (exact) mass is 239 g/mol. The van der Waals surface area contributed by atoms with Crippen LogP contribution < -0.4 is 0 Å². The highest BCUT2D eigenvalue weighted by atomic mass is 35.5. The van der Waals surface area contributed by atoms with Gasteiger partial charge in [0.1, 0.15) is 10.8 Å². The molecule has 0 saturated carbocycles. The van der Waals surface area contributed by atoms with E-state index in [9.17, 15) is 4.79 Å². The SMILES string of the molecule is CC1(C)CCN(C(=O)c2cnc(Cl)cn2)C1. The van der Waals surface area contributed by atoms with Crippen LogP contribution in [0.4, 0.5) is 0 Å². The Labute approximate surface area is 99.6 Å². The van der Waals surface area contributed by atoms with E-state index in [1.54, 1.807) is 0 Å². The molecule has 1 aliphatic rings. The molecule has 0 radical (unpaired) electrons. The Morgan fingerprint density at radius 3 is 2.69 bits per heavy atom. The van der Waals surface area contributed by atoms with Gasteiger partial charge in [0.2, 0.25) is 0 Å². The standard InChI is InChI=1S/C11H14ClN3O/c1-11(2)3-4-15(7-11)10(16)8-5-14-9(12)6-13-8/h5-6H,3-4,7H2,1-2H3. The van der Waals surface area contributed by atoms with Crippen molar-refractivity contribution in [2.45, 2.75) is 20.3 Å². The summed E-state index contributed by atoms with van der Waals surface area (Å²) in [6.45, 7) is 5.88. The van der Waals surface area contributed by atoms with Gasteiger partial charge in [0.25, 0.3) is 5.91 Å². The summed E-state index contributed by atoms with van der Waals surface area (Å²) in [5.74, 6) is -0.0604. The molecule has 2 rings (SSSR count). The topological polar surface area (TPSA) is 46.1 Å². The highest BCUT2D eigenvalue weighted by Crippen LogP contribution is 2.29. The maximum atomic E-state index is 12.0. The van der Waals surface area contributed by atoms with Gasteiger partial charge in [0.05, 0.1) is 12.4 Å². The van der Waals surface area contributed by atoms with Crippen LogP contribution in [-0.4, -0.2) is 33.9 Å². The maximum absolute atomic E-state index is 12.0. The number of hydrogen-bond acceptors (Lipinski definition) is 3. The first-order valence-electron chi connectivity index (χ1n) is 5.25. The van der Waals surface area contributed by atoms with Gasteiger partial charge in [0, 0.05) is 13.1 Å². The molecule has 16 heavy (non-hydrogen) atoms. The first-order valence-corrected chi connectivity index (χ1v) is 5.63. The molecule has 1 fully saturated rings. The summed E-state index contributed by atoms with van der Waals surface area (Å²) < 4.78 is 0. The van der Waals surface area contributed by atoms with Gasteiger partial charge in [-0.25, -0.2) is 9.97 Å². The van der Waals surface area contributed by atoms with Gasteiger partial charge in [0.15, 0.2) is 0 Å². The third kappa shape index (κ3) is 2.32. The summed E-state index contributed by atoms with van der Waals surface area (Å²) in [6.07, 6.45) is 3.85. The second-order valence-corrected chi connectivity index (χ2v) is 5.25. The number of hydrogen-bond donors (Lipinski definition) is 0. The van der Waals surface area contributed by atoms with E-state index in [1.807, 2.05) is 4.90 Å². The van der Waals surface area contributed by atoms with E-state index in [2.05, 4.69) is 23.8 Å². The lowest BCUT2D eigenvalue weighted by Gasteiger charge is -2.19. The fraction of sp³-hybridized carbons (Fsp3) is 0.545. The van der Waals surface area contributed by atoms with E-state index in [1.165, 1.54) is 12.4 Å². The van der Waals surface area contributed by atoms with Crippen molar-refractivity contribution in [3.63, 3.8) is 0 Å². The molecule has 5 heteroatoms. The molecule has 0 aromatic carbocycles. The molecule has 0 aliphatic carbocycles. The van der Waals surface area contributed by atoms with E-state index in [-0.39, 0.29) is 11.3 Å². The van der Waals surface area contributed by atoms with Gasteiger partial charge < -0.3 is 4.90 Å². The van der Waals surface area contributed by atoms with E-state index in [4.69, 9.17) is 11.6 Å². The van der Waals surface area contributed by atoms with Crippen molar-refractivity contribution in [1.29, 1.82) is 0 Å². The van der Waals surface area contributed by atoms with Crippen LogP contribution in [0, 0.1) is 5.41 Å². The summed E-state index contributed by atoms with van der Waals surface area (Å²) in [4.78, 5) is 21.7. The Morgan fingerprint density at radius 2 is 2.19 bits per heavy atom. The minimum absolute atomic E-state index is 0.0604. The van der Waals surface area contributed by atoms with Crippen LogP contribution >= 0.6 is 11.6 Å². The van der Waals surface area contributed by atoms with Gasteiger partial charge in [-0.3, -0.25) is 4.79 Å². The molecular weight excluding hydrogens is 226 g/mol. The largest absolute Gasteiger partial charge is 0.337 e. The molecule has 1 aliphatic heterocycles. The van der Waals surface area contributed by atoms with Crippen molar-refractivity contribution in [2.75, 3.05) is 13.1 Å². The molecule has 2 heterocycles. The van der Waals surface area contributed by atoms with Crippen LogP contribution in [0.1, 0.15) is 30.8 Å². The summed E-state index contributed by atoms with van der Waals surface area (Å²) in [7, 11) is 0. The summed E-state index contributed by atoms with van der Waals surface area (Å²) >= 11 is 5.62. The van der Waals surface area contributed by atoms with Crippen molar-refractivity contribution in [3.8, 4) is 0 Å². The third-order valence-electron chi connectivity index (χ3n) is 2.80. The Hall–Kier alpha value is -1.16. The highest BCUT2D eigenvalue weighted by molar-refractivity contribution is 6.29. The fourth-order valence-corrected chi connectivity index (χ4v) is 1.97. The number of aromatic nitrogens is 2. The summed E-state index contributed by atoms with van der Waals surface area (Å²) in [6, 6.07) is 0. The average molecular weight is 240 g/mol. The normalized spacial score (nSPS) is 18.8. The molecule has 86 valence electrons. The van der Waals surface area contributed by atoms with Crippen LogP contribution in [0.5, 0.6) is 0 Å². The minimum atomic E-state index is -0.0604.